The summed E-state index contributed by atoms with van der Waals surface area (Å²) in [5, 5.41) is 0. The summed E-state index contributed by atoms with van der Waals surface area (Å²) in [4.78, 5) is 11.5. The van der Waals surface area contributed by atoms with E-state index in [9.17, 15) is 0 Å². The van der Waals surface area contributed by atoms with Gasteiger partial charge in [-0.05, 0) is 38.4 Å². The van der Waals surface area contributed by atoms with Crippen LogP contribution in [0.25, 0.3) is 11.2 Å². The summed E-state index contributed by atoms with van der Waals surface area (Å²) in [6.45, 7) is 3.99. The topological polar surface area (TPSA) is 34.0 Å². The fourth-order valence-corrected chi connectivity index (χ4v) is 2.68. The van der Waals surface area contributed by atoms with Gasteiger partial charge < -0.3 is 9.47 Å². The Bertz CT molecular complexity index is 588. The number of alkyl halides is 1. The number of likely N-dealkylation sites (N-methyl/N-ethyl adjacent to an activating group) is 1. The third-order valence-corrected chi connectivity index (χ3v) is 4.12. The minimum Gasteiger partial charge on any atom is -0.310 e. The number of hydrogen-bond acceptors (Lipinski definition) is 3. The van der Waals surface area contributed by atoms with E-state index in [4.69, 9.17) is 11.6 Å². The maximum Gasteiger partial charge on any atom is 0.160 e. The Morgan fingerprint density at radius 2 is 2.26 bits per heavy atom. The maximum absolute atomic E-state index is 6.02. The van der Waals surface area contributed by atoms with Crippen LogP contribution in [-0.4, -0.2) is 39.1 Å². The summed E-state index contributed by atoms with van der Waals surface area (Å²) < 4.78 is 2.16. The van der Waals surface area contributed by atoms with Gasteiger partial charge in [-0.3, -0.25) is 0 Å². The molecular formula is C14H19ClN4. The predicted octanol–water partition coefficient (Wildman–Crippen LogP) is 2.57. The number of hydrogen-bond donors (Lipinski definition) is 0. The van der Waals surface area contributed by atoms with E-state index in [0.717, 1.165) is 41.7 Å². The van der Waals surface area contributed by atoms with Gasteiger partial charge in [-0.25, -0.2) is 9.97 Å². The lowest BCUT2D eigenvalue weighted by molar-refractivity contribution is 0.309. The molecule has 1 aliphatic carbocycles. The Hall–Kier alpha value is -1.13. The van der Waals surface area contributed by atoms with Gasteiger partial charge >= 0.3 is 0 Å². The number of fused-ring (bicyclic) bond motifs is 1. The molecule has 0 aliphatic heterocycles. The lowest BCUT2D eigenvalue weighted by atomic mass is 10.3. The summed E-state index contributed by atoms with van der Waals surface area (Å²) in [6.07, 6.45) is 4.51. The zero-order chi connectivity index (χ0) is 13.4. The van der Waals surface area contributed by atoms with Crippen molar-refractivity contribution >= 4 is 22.8 Å². The van der Waals surface area contributed by atoms with E-state index >= 15 is 0 Å². The molecule has 0 radical (unpaired) electrons. The van der Waals surface area contributed by atoms with Crippen molar-refractivity contribution in [2.75, 3.05) is 13.6 Å². The third-order valence-electron chi connectivity index (χ3n) is 3.88. The first-order valence-electron chi connectivity index (χ1n) is 6.77. The Morgan fingerprint density at radius 3 is 2.95 bits per heavy atom. The third kappa shape index (κ3) is 2.47. The van der Waals surface area contributed by atoms with E-state index in [1.165, 1.54) is 12.8 Å². The standard InChI is InChI=1S/C14H19ClN4/c1-10-5-6-16-14-13(10)17-12(9-15)19(14)8-7-18(2)11-3-4-11/h5-6,11H,3-4,7-9H2,1-2H3. The van der Waals surface area contributed by atoms with E-state index in [0.29, 0.717) is 5.88 Å². The van der Waals surface area contributed by atoms with Crippen molar-refractivity contribution in [3.05, 3.63) is 23.7 Å². The molecule has 102 valence electrons. The van der Waals surface area contributed by atoms with Gasteiger partial charge in [-0.2, -0.15) is 0 Å². The fourth-order valence-electron chi connectivity index (χ4n) is 2.48. The van der Waals surface area contributed by atoms with Crippen molar-refractivity contribution in [1.82, 2.24) is 19.4 Å². The van der Waals surface area contributed by atoms with E-state index < -0.39 is 0 Å². The Kier molecular flexibility index (Phi) is 3.46. The zero-order valence-corrected chi connectivity index (χ0v) is 12.2. The van der Waals surface area contributed by atoms with Gasteiger partial charge in [0.05, 0.1) is 5.88 Å². The first-order chi connectivity index (χ1) is 9.20. The Morgan fingerprint density at radius 1 is 1.47 bits per heavy atom. The van der Waals surface area contributed by atoms with Crippen LogP contribution in [0.2, 0.25) is 0 Å². The second kappa shape index (κ2) is 5.10. The van der Waals surface area contributed by atoms with Gasteiger partial charge in [0.25, 0.3) is 0 Å². The molecule has 3 rings (SSSR count). The Balaban J connectivity index is 1.89. The molecule has 0 saturated heterocycles. The van der Waals surface area contributed by atoms with Crippen molar-refractivity contribution in [2.45, 2.75) is 38.2 Å². The molecule has 0 N–H and O–H groups in total. The summed E-state index contributed by atoms with van der Waals surface area (Å²) in [5.41, 5.74) is 3.10. The lowest BCUT2D eigenvalue weighted by Crippen LogP contribution is -2.25. The van der Waals surface area contributed by atoms with Gasteiger partial charge in [-0.1, -0.05) is 0 Å². The van der Waals surface area contributed by atoms with Crippen molar-refractivity contribution < 1.29 is 0 Å². The first-order valence-corrected chi connectivity index (χ1v) is 7.31. The normalized spacial score (nSPS) is 15.6. The highest BCUT2D eigenvalue weighted by Crippen LogP contribution is 2.25. The molecular weight excluding hydrogens is 260 g/mol. The van der Waals surface area contributed by atoms with Gasteiger partial charge in [0.2, 0.25) is 0 Å². The molecule has 2 aromatic rings. The van der Waals surface area contributed by atoms with Crippen molar-refractivity contribution in [2.24, 2.45) is 0 Å². The molecule has 0 atom stereocenters. The van der Waals surface area contributed by atoms with Gasteiger partial charge in [0, 0.05) is 25.3 Å². The van der Waals surface area contributed by atoms with Crippen LogP contribution in [0.5, 0.6) is 0 Å². The number of rotatable bonds is 5. The van der Waals surface area contributed by atoms with Gasteiger partial charge in [0.1, 0.15) is 11.3 Å². The molecule has 2 heterocycles. The summed E-state index contributed by atoms with van der Waals surface area (Å²) in [6, 6.07) is 2.78. The highest BCUT2D eigenvalue weighted by Gasteiger charge is 2.26. The van der Waals surface area contributed by atoms with Crippen molar-refractivity contribution in [1.29, 1.82) is 0 Å². The number of nitrogens with zero attached hydrogens (tertiary/aromatic N) is 4. The van der Waals surface area contributed by atoms with E-state index in [1.807, 2.05) is 12.3 Å². The SMILES string of the molecule is Cc1ccnc2c1nc(CCl)n2CCN(C)C1CC1. The van der Waals surface area contributed by atoms with Crippen LogP contribution in [0.4, 0.5) is 0 Å². The van der Waals surface area contributed by atoms with E-state index in [-0.39, 0.29) is 0 Å². The number of aromatic nitrogens is 3. The highest BCUT2D eigenvalue weighted by molar-refractivity contribution is 6.16. The van der Waals surface area contributed by atoms with Crippen LogP contribution in [-0.2, 0) is 12.4 Å². The maximum atomic E-state index is 6.02. The van der Waals surface area contributed by atoms with Crippen LogP contribution in [0.3, 0.4) is 0 Å². The number of halogens is 1. The minimum absolute atomic E-state index is 0.433. The molecule has 1 aliphatic rings. The number of pyridine rings is 1. The van der Waals surface area contributed by atoms with Crippen LogP contribution in [0.1, 0.15) is 24.2 Å². The average Bonchev–Trinajstić information content (AvgIpc) is 3.19. The van der Waals surface area contributed by atoms with Crippen molar-refractivity contribution in [3.8, 4) is 0 Å². The molecule has 0 spiro atoms. The highest BCUT2D eigenvalue weighted by atomic mass is 35.5. The van der Waals surface area contributed by atoms with E-state index in [2.05, 4.69) is 33.4 Å². The zero-order valence-electron chi connectivity index (χ0n) is 11.4. The summed E-state index contributed by atoms with van der Waals surface area (Å²) in [5.74, 6) is 1.35. The second-order valence-corrected chi connectivity index (χ2v) is 5.59. The lowest BCUT2D eigenvalue weighted by Gasteiger charge is -2.16. The molecule has 19 heavy (non-hydrogen) atoms. The summed E-state index contributed by atoms with van der Waals surface area (Å²) in [7, 11) is 2.19. The molecule has 0 amide bonds. The smallest absolute Gasteiger partial charge is 0.160 e. The molecule has 0 unspecified atom stereocenters. The number of imidazole rings is 1. The first kappa shape index (κ1) is 12.9. The quantitative estimate of drug-likeness (QED) is 0.789. The van der Waals surface area contributed by atoms with Crippen LogP contribution in [0.15, 0.2) is 12.3 Å². The van der Waals surface area contributed by atoms with Crippen LogP contribution in [0, 0.1) is 6.92 Å². The van der Waals surface area contributed by atoms with Gasteiger partial charge in [-0.15, -0.1) is 11.6 Å². The molecule has 1 fully saturated rings. The molecule has 1 saturated carbocycles. The fraction of sp³-hybridized carbons (Fsp3) is 0.571. The molecule has 2 aromatic heterocycles. The predicted molar refractivity (Wildman–Crippen MR) is 77.5 cm³/mol. The summed E-state index contributed by atoms with van der Waals surface area (Å²) >= 11 is 6.02. The molecule has 5 heteroatoms. The average molecular weight is 279 g/mol. The number of aryl methyl sites for hydroxylation is 1. The monoisotopic (exact) mass is 278 g/mol. The van der Waals surface area contributed by atoms with Crippen molar-refractivity contribution in [3.63, 3.8) is 0 Å². The van der Waals surface area contributed by atoms with Crippen LogP contribution >= 0.6 is 11.6 Å². The minimum atomic E-state index is 0.433. The van der Waals surface area contributed by atoms with E-state index in [1.54, 1.807) is 0 Å². The van der Waals surface area contributed by atoms with Crippen LogP contribution < -0.4 is 0 Å². The Labute approximate surface area is 118 Å². The molecule has 0 aromatic carbocycles. The molecule has 0 bridgehead atoms. The second-order valence-electron chi connectivity index (χ2n) is 5.33. The largest absolute Gasteiger partial charge is 0.310 e. The molecule has 4 nitrogen and oxygen atoms in total. The van der Waals surface area contributed by atoms with Gasteiger partial charge in [0.15, 0.2) is 5.65 Å².